The number of aromatic nitrogens is 1. The van der Waals surface area contributed by atoms with Gasteiger partial charge in [0.1, 0.15) is 0 Å². The van der Waals surface area contributed by atoms with Gasteiger partial charge in [0.25, 0.3) is 0 Å². The number of amides is 1. The molecule has 3 heterocycles. The van der Waals surface area contributed by atoms with Crippen molar-refractivity contribution < 1.29 is 9.53 Å². The van der Waals surface area contributed by atoms with E-state index in [9.17, 15) is 4.79 Å². The van der Waals surface area contributed by atoms with Gasteiger partial charge in [0.15, 0.2) is 0 Å². The number of hydrogen-bond donors (Lipinski definition) is 1. The number of rotatable bonds is 4. The van der Waals surface area contributed by atoms with Crippen molar-refractivity contribution >= 4 is 17.5 Å². The third-order valence-electron chi connectivity index (χ3n) is 5.93. The van der Waals surface area contributed by atoms with E-state index in [1.807, 2.05) is 12.3 Å². The highest BCUT2D eigenvalue weighted by atomic mass is 35.5. The van der Waals surface area contributed by atoms with Gasteiger partial charge in [-0.25, -0.2) is 0 Å². The van der Waals surface area contributed by atoms with Gasteiger partial charge in [-0.15, -0.1) is 0 Å². The Labute approximate surface area is 147 Å². The molecule has 24 heavy (non-hydrogen) atoms. The van der Waals surface area contributed by atoms with Gasteiger partial charge in [-0.3, -0.25) is 9.78 Å². The summed E-state index contributed by atoms with van der Waals surface area (Å²) in [5.41, 5.74) is 2.17. The molecular weight excluding hydrogens is 326 g/mol. The van der Waals surface area contributed by atoms with Crippen molar-refractivity contribution in [1.29, 1.82) is 0 Å². The molecule has 1 atom stereocenters. The molecule has 2 aliphatic heterocycles. The van der Waals surface area contributed by atoms with E-state index in [0.717, 1.165) is 43.9 Å². The SMILES string of the molecule is CN1CC[C@H](C(=O)NCc2ncc(C3COC3)cc2Cl)CC12CC2. The van der Waals surface area contributed by atoms with Gasteiger partial charge in [-0.2, -0.15) is 0 Å². The quantitative estimate of drug-likeness (QED) is 0.906. The molecule has 3 aliphatic rings. The summed E-state index contributed by atoms with van der Waals surface area (Å²) in [7, 11) is 2.18. The summed E-state index contributed by atoms with van der Waals surface area (Å²) in [5.74, 6) is 0.671. The molecule has 2 saturated heterocycles. The lowest BCUT2D eigenvalue weighted by Gasteiger charge is -2.37. The van der Waals surface area contributed by atoms with Crippen LogP contribution in [0.25, 0.3) is 0 Å². The summed E-state index contributed by atoms with van der Waals surface area (Å²) in [6, 6.07) is 1.96. The molecule has 0 bridgehead atoms. The fourth-order valence-electron chi connectivity index (χ4n) is 3.83. The maximum Gasteiger partial charge on any atom is 0.223 e. The number of ether oxygens (including phenoxy) is 1. The normalized spacial score (nSPS) is 26.2. The lowest BCUT2D eigenvalue weighted by Crippen LogP contribution is -2.46. The Bertz CT molecular complexity index is 643. The predicted molar refractivity (Wildman–Crippen MR) is 92.0 cm³/mol. The van der Waals surface area contributed by atoms with Crippen LogP contribution in [0.1, 0.15) is 42.9 Å². The second-order valence-corrected chi connectivity index (χ2v) is 7.89. The Morgan fingerprint density at radius 3 is 2.92 bits per heavy atom. The number of pyridine rings is 1. The first-order chi connectivity index (χ1) is 11.6. The molecule has 6 heteroatoms. The molecule has 5 nitrogen and oxygen atoms in total. The number of hydrogen-bond acceptors (Lipinski definition) is 4. The van der Waals surface area contributed by atoms with E-state index >= 15 is 0 Å². The number of piperidine rings is 1. The first-order valence-electron chi connectivity index (χ1n) is 8.78. The van der Waals surface area contributed by atoms with E-state index in [1.165, 1.54) is 12.8 Å². The van der Waals surface area contributed by atoms with Crippen molar-refractivity contribution in [3.05, 3.63) is 28.5 Å². The molecule has 1 aliphatic carbocycles. The molecule has 130 valence electrons. The minimum absolute atomic E-state index is 0.119. The number of halogens is 1. The molecule has 1 N–H and O–H groups in total. The lowest BCUT2D eigenvalue weighted by molar-refractivity contribution is -0.127. The Hall–Kier alpha value is -1.17. The minimum Gasteiger partial charge on any atom is -0.380 e. The summed E-state index contributed by atoms with van der Waals surface area (Å²) in [6.07, 6.45) is 6.23. The monoisotopic (exact) mass is 349 g/mol. The zero-order valence-electron chi connectivity index (χ0n) is 14.1. The van der Waals surface area contributed by atoms with Crippen molar-refractivity contribution in [2.45, 2.75) is 43.7 Å². The molecule has 1 saturated carbocycles. The molecule has 0 radical (unpaired) electrons. The predicted octanol–water partition coefficient (Wildman–Crippen LogP) is 2.34. The van der Waals surface area contributed by atoms with E-state index in [0.29, 0.717) is 23.0 Å². The van der Waals surface area contributed by atoms with Crippen molar-refractivity contribution in [3.63, 3.8) is 0 Å². The van der Waals surface area contributed by atoms with Gasteiger partial charge in [0.2, 0.25) is 5.91 Å². The summed E-state index contributed by atoms with van der Waals surface area (Å²) in [4.78, 5) is 19.4. The first kappa shape index (κ1) is 16.3. The van der Waals surface area contributed by atoms with Gasteiger partial charge in [0, 0.05) is 23.6 Å². The van der Waals surface area contributed by atoms with E-state index in [1.54, 1.807) is 0 Å². The van der Waals surface area contributed by atoms with Crippen LogP contribution < -0.4 is 5.32 Å². The van der Waals surface area contributed by atoms with Crippen LogP contribution in [0.5, 0.6) is 0 Å². The van der Waals surface area contributed by atoms with E-state index in [4.69, 9.17) is 16.3 Å². The summed E-state index contributed by atoms with van der Waals surface area (Å²) in [6.45, 7) is 2.89. The second-order valence-electron chi connectivity index (χ2n) is 7.48. The van der Waals surface area contributed by atoms with Crippen LogP contribution in [0.4, 0.5) is 0 Å². The number of nitrogens with one attached hydrogen (secondary N) is 1. The maximum absolute atomic E-state index is 12.5. The van der Waals surface area contributed by atoms with Crippen LogP contribution in [0.2, 0.25) is 5.02 Å². The Balaban J connectivity index is 1.34. The fourth-order valence-corrected chi connectivity index (χ4v) is 4.08. The number of carbonyl (C=O) groups is 1. The molecule has 3 fully saturated rings. The van der Waals surface area contributed by atoms with Gasteiger partial charge in [0.05, 0.1) is 30.5 Å². The lowest BCUT2D eigenvalue weighted by atomic mass is 9.88. The Morgan fingerprint density at radius 2 is 2.29 bits per heavy atom. The van der Waals surface area contributed by atoms with Crippen LogP contribution in [0.15, 0.2) is 12.3 Å². The molecule has 1 aromatic rings. The summed E-state index contributed by atoms with van der Waals surface area (Å²) in [5, 5.41) is 3.66. The summed E-state index contributed by atoms with van der Waals surface area (Å²) >= 11 is 6.34. The number of carbonyl (C=O) groups excluding carboxylic acids is 1. The first-order valence-corrected chi connectivity index (χ1v) is 9.16. The summed E-state index contributed by atoms with van der Waals surface area (Å²) < 4.78 is 5.20. The van der Waals surface area contributed by atoms with Gasteiger partial charge >= 0.3 is 0 Å². The standard InChI is InChI=1S/C18H24ClN3O2/c1-22-5-2-12(7-18(22)3-4-18)17(23)21-9-16-15(19)6-13(8-20-16)14-10-24-11-14/h6,8,12,14H,2-5,7,9-11H2,1H3,(H,21,23)/t12-/m0/s1. The zero-order valence-corrected chi connectivity index (χ0v) is 14.8. The van der Waals surface area contributed by atoms with Crippen molar-refractivity contribution in [1.82, 2.24) is 15.2 Å². The van der Waals surface area contributed by atoms with Gasteiger partial charge < -0.3 is 15.0 Å². The molecule has 0 aromatic carbocycles. The molecule has 1 amide bonds. The van der Waals surface area contributed by atoms with E-state index in [2.05, 4.69) is 22.2 Å². The fraction of sp³-hybridized carbons (Fsp3) is 0.667. The topological polar surface area (TPSA) is 54.5 Å². The zero-order chi connectivity index (χ0) is 16.7. The smallest absolute Gasteiger partial charge is 0.223 e. The Morgan fingerprint density at radius 1 is 1.50 bits per heavy atom. The minimum atomic E-state index is 0.119. The second kappa shape index (κ2) is 6.28. The number of likely N-dealkylation sites (tertiary alicyclic amines) is 1. The molecular formula is C18H24ClN3O2. The van der Waals surface area contributed by atoms with Gasteiger partial charge in [-0.05, 0) is 50.9 Å². The highest BCUT2D eigenvalue weighted by Gasteiger charge is 2.50. The average Bonchev–Trinajstić information content (AvgIpc) is 3.28. The van der Waals surface area contributed by atoms with E-state index in [-0.39, 0.29) is 11.8 Å². The highest BCUT2D eigenvalue weighted by molar-refractivity contribution is 6.31. The van der Waals surface area contributed by atoms with Crippen molar-refractivity contribution in [2.24, 2.45) is 5.92 Å². The van der Waals surface area contributed by atoms with Crippen LogP contribution in [0.3, 0.4) is 0 Å². The van der Waals surface area contributed by atoms with Crippen LogP contribution in [0, 0.1) is 5.92 Å². The molecule has 1 aromatic heterocycles. The third-order valence-corrected chi connectivity index (χ3v) is 6.25. The van der Waals surface area contributed by atoms with Gasteiger partial charge in [-0.1, -0.05) is 11.6 Å². The van der Waals surface area contributed by atoms with Crippen LogP contribution >= 0.6 is 11.6 Å². The molecule has 0 unspecified atom stereocenters. The maximum atomic E-state index is 12.5. The highest BCUT2D eigenvalue weighted by Crippen LogP contribution is 2.49. The third kappa shape index (κ3) is 3.05. The van der Waals surface area contributed by atoms with Crippen LogP contribution in [-0.2, 0) is 16.1 Å². The molecule has 4 rings (SSSR count). The van der Waals surface area contributed by atoms with Crippen molar-refractivity contribution in [3.8, 4) is 0 Å². The van der Waals surface area contributed by atoms with Crippen LogP contribution in [-0.4, -0.2) is 48.1 Å². The van der Waals surface area contributed by atoms with E-state index < -0.39 is 0 Å². The van der Waals surface area contributed by atoms with Crippen molar-refractivity contribution in [2.75, 3.05) is 26.8 Å². The number of nitrogens with zero attached hydrogens (tertiary/aromatic N) is 2. The largest absolute Gasteiger partial charge is 0.380 e. The average molecular weight is 350 g/mol. The Kier molecular flexibility index (Phi) is 4.27. The molecule has 1 spiro atoms.